The fraction of sp³-hybridized carbons (Fsp3) is 0.406. The highest BCUT2D eigenvalue weighted by Crippen LogP contribution is 2.38. The van der Waals surface area contributed by atoms with Gasteiger partial charge in [0, 0.05) is 28.4 Å². The number of nitrogens with zero attached hydrogens (tertiary/aromatic N) is 1. The van der Waals surface area contributed by atoms with Crippen molar-refractivity contribution in [2.75, 3.05) is 20.3 Å². The number of carbonyl (C=O) groups excluding carboxylic acids is 1. The zero-order valence-electron chi connectivity index (χ0n) is 25.7. The third-order valence-corrected chi connectivity index (χ3v) is 14.8. The summed E-state index contributed by atoms with van der Waals surface area (Å²) in [5, 5.41) is 0.686. The van der Waals surface area contributed by atoms with E-state index in [-0.39, 0.29) is 35.1 Å². The second-order valence-electron chi connectivity index (χ2n) is 11.7. The van der Waals surface area contributed by atoms with Gasteiger partial charge in [-0.25, -0.2) is 13.2 Å². The number of esters is 1. The first-order valence-corrected chi connectivity index (χ1v) is 19.0. The van der Waals surface area contributed by atoms with Gasteiger partial charge in [0.1, 0.15) is 0 Å². The molecule has 1 atom stereocenters. The number of hydrogen-bond acceptors (Lipinski definition) is 5. The Kier molecular flexibility index (Phi) is 11.1. The van der Waals surface area contributed by atoms with E-state index in [0.717, 1.165) is 5.56 Å². The summed E-state index contributed by atoms with van der Waals surface area (Å²) in [5.74, 6) is 5.73. The number of nitrogens with one attached hydrogen (secondary N) is 1. The molecule has 1 N–H and O–H groups in total. The predicted octanol–water partition coefficient (Wildman–Crippen LogP) is 7.71. The van der Waals surface area contributed by atoms with Crippen LogP contribution in [-0.2, 0) is 19.2 Å². The summed E-state index contributed by atoms with van der Waals surface area (Å²) >= 11 is 3.53. The molecule has 42 heavy (non-hydrogen) atoms. The number of aromatic nitrogens is 1. The normalized spacial score (nSPS) is 13.6. The molecule has 0 amide bonds. The van der Waals surface area contributed by atoms with Crippen molar-refractivity contribution in [1.29, 1.82) is 0 Å². The molecule has 3 aromatic rings. The van der Waals surface area contributed by atoms with Crippen molar-refractivity contribution < 1.29 is 22.4 Å². The first-order valence-electron chi connectivity index (χ1n) is 13.8. The molecule has 226 valence electrons. The van der Waals surface area contributed by atoms with E-state index in [1.807, 2.05) is 38.1 Å². The molecular weight excluding hydrogens is 632 g/mol. The Balaban J connectivity index is 2.20. The first-order chi connectivity index (χ1) is 19.6. The van der Waals surface area contributed by atoms with Gasteiger partial charge in [0.2, 0.25) is 10.0 Å². The van der Waals surface area contributed by atoms with Crippen molar-refractivity contribution in [3.05, 3.63) is 75.9 Å². The highest BCUT2D eigenvalue weighted by atomic mass is 79.9. The molecule has 0 aliphatic heterocycles. The van der Waals surface area contributed by atoms with E-state index < -0.39 is 30.4 Å². The van der Waals surface area contributed by atoms with Crippen LogP contribution in [0, 0.1) is 18.8 Å². The summed E-state index contributed by atoms with van der Waals surface area (Å²) in [6, 6.07) is 13.2. The molecule has 10 heteroatoms. The van der Waals surface area contributed by atoms with Crippen LogP contribution in [0.25, 0.3) is 10.9 Å². The second-order valence-corrected chi connectivity index (χ2v) is 19.4. The lowest BCUT2D eigenvalue weighted by atomic mass is 10.0. The molecule has 0 aliphatic carbocycles. The molecule has 1 aromatic heterocycles. The fourth-order valence-electron chi connectivity index (χ4n) is 4.18. The number of benzene rings is 2. The molecule has 1 unspecified atom stereocenters. The third kappa shape index (κ3) is 7.63. The summed E-state index contributed by atoms with van der Waals surface area (Å²) < 4.78 is 42.0. The summed E-state index contributed by atoms with van der Waals surface area (Å²) in [6.45, 7) is 14.8. The van der Waals surface area contributed by atoms with Gasteiger partial charge in [0.15, 0.2) is 8.32 Å². The number of sulfonamides is 1. The largest absolute Gasteiger partial charge is 0.465 e. The van der Waals surface area contributed by atoms with Crippen molar-refractivity contribution in [3.63, 3.8) is 0 Å². The molecule has 0 bridgehead atoms. The SMILES string of the molecule is C/C=C(\Br)CN(C(CC#CCO[Si](C)(C)C(C)(C)C)c1[nH]c2ccccc2c1C(=O)OC)S(=O)(=O)c1ccc(C)cc1. The number of methoxy groups -OCH3 is 1. The zero-order chi connectivity index (χ0) is 31.3. The molecule has 0 saturated heterocycles. The van der Waals surface area contributed by atoms with Crippen molar-refractivity contribution in [2.24, 2.45) is 0 Å². The highest BCUT2D eigenvalue weighted by Gasteiger charge is 2.38. The Labute approximate surface area is 260 Å². The average molecular weight is 674 g/mol. The summed E-state index contributed by atoms with van der Waals surface area (Å²) in [5.41, 5.74) is 2.36. The number of allylic oxidation sites excluding steroid dienone is 1. The van der Waals surface area contributed by atoms with Gasteiger partial charge in [-0.2, -0.15) is 4.31 Å². The minimum atomic E-state index is -4.04. The molecule has 0 radical (unpaired) electrons. The lowest BCUT2D eigenvalue weighted by molar-refractivity contribution is 0.0600. The molecule has 0 spiro atoms. The Hall–Kier alpha value is -2.68. The van der Waals surface area contributed by atoms with E-state index in [9.17, 15) is 13.2 Å². The quantitative estimate of drug-likeness (QED) is 0.135. The smallest absolute Gasteiger partial charge is 0.340 e. The van der Waals surface area contributed by atoms with Crippen LogP contribution in [0.5, 0.6) is 0 Å². The zero-order valence-corrected chi connectivity index (χ0v) is 29.1. The first kappa shape index (κ1) is 33.8. The van der Waals surface area contributed by atoms with Gasteiger partial charge < -0.3 is 14.1 Å². The number of carbonyl (C=O) groups is 1. The van der Waals surface area contributed by atoms with Gasteiger partial charge in [-0.05, 0) is 50.2 Å². The van der Waals surface area contributed by atoms with Crippen molar-refractivity contribution in [2.45, 2.75) is 70.1 Å². The van der Waals surface area contributed by atoms with Crippen LogP contribution < -0.4 is 0 Å². The lowest BCUT2D eigenvalue weighted by Crippen LogP contribution is -2.40. The number of aryl methyl sites for hydroxylation is 1. The Morgan fingerprint density at radius 2 is 1.76 bits per heavy atom. The fourth-order valence-corrected chi connectivity index (χ4v) is 7.06. The van der Waals surface area contributed by atoms with E-state index in [2.05, 4.69) is 66.6 Å². The topological polar surface area (TPSA) is 88.7 Å². The molecule has 3 rings (SSSR count). The second kappa shape index (κ2) is 13.7. The molecule has 2 aromatic carbocycles. The van der Waals surface area contributed by atoms with Crippen molar-refractivity contribution in [1.82, 2.24) is 9.29 Å². The minimum Gasteiger partial charge on any atom is -0.465 e. The number of rotatable bonds is 10. The van der Waals surface area contributed by atoms with Crippen LogP contribution in [0.2, 0.25) is 18.1 Å². The van der Waals surface area contributed by atoms with Crippen LogP contribution in [0.1, 0.15) is 61.8 Å². The van der Waals surface area contributed by atoms with Crippen LogP contribution >= 0.6 is 15.9 Å². The highest BCUT2D eigenvalue weighted by molar-refractivity contribution is 9.11. The summed E-state index contributed by atoms with van der Waals surface area (Å²) in [6.07, 6.45) is 1.92. The maximum atomic E-state index is 14.3. The average Bonchev–Trinajstić information content (AvgIpc) is 3.32. The molecule has 0 aliphatic rings. The van der Waals surface area contributed by atoms with Gasteiger partial charge >= 0.3 is 5.97 Å². The van der Waals surface area contributed by atoms with Gasteiger partial charge in [0.05, 0.1) is 35.9 Å². The molecule has 0 saturated carbocycles. The number of ether oxygens (including phenoxy) is 1. The van der Waals surface area contributed by atoms with Crippen LogP contribution in [0.3, 0.4) is 0 Å². The van der Waals surface area contributed by atoms with Crippen LogP contribution in [-0.4, -0.2) is 52.3 Å². The maximum absolute atomic E-state index is 14.3. The number of H-pyrrole nitrogens is 1. The van der Waals surface area contributed by atoms with E-state index in [1.54, 1.807) is 30.3 Å². The number of halogens is 1. The third-order valence-electron chi connectivity index (χ3n) is 7.78. The van der Waals surface area contributed by atoms with Crippen LogP contribution in [0.15, 0.2) is 64.0 Å². The van der Waals surface area contributed by atoms with Crippen molar-refractivity contribution in [3.8, 4) is 11.8 Å². The Morgan fingerprint density at radius 3 is 2.36 bits per heavy atom. The molecule has 7 nitrogen and oxygen atoms in total. The van der Waals surface area contributed by atoms with E-state index >= 15 is 0 Å². The van der Waals surface area contributed by atoms with Gasteiger partial charge in [-0.3, -0.25) is 0 Å². The molecule has 0 fully saturated rings. The van der Waals surface area contributed by atoms with Gasteiger partial charge in [0.25, 0.3) is 0 Å². The minimum absolute atomic E-state index is 0.0364. The number of aromatic amines is 1. The molecule has 1 heterocycles. The molecular formula is C32H41BrN2O5SSi. The number of fused-ring (bicyclic) bond motifs is 1. The van der Waals surface area contributed by atoms with Gasteiger partial charge in [-0.15, -0.1) is 0 Å². The van der Waals surface area contributed by atoms with E-state index in [4.69, 9.17) is 9.16 Å². The summed E-state index contributed by atoms with van der Waals surface area (Å²) in [4.78, 5) is 16.7. The Morgan fingerprint density at radius 1 is 1.12 bits per heavy atom. The summed E-state index contributed by atoms with van der Waals surface area (Å²) in [7, 11) is -4.74. The lowest BCUT2D eigenvalue weighted by Gasteiger charge is -2.35. The maximum Gasteiger partial charge on any atom is 0.340 e. The number of para-hydroxylation sites is 1. The van der Waals surface area contributed by atoms with Crippen LogP contribution in [0.4, 0.5) is 0 Å². The van der Waals surface area contributed by atoms with E-state index in [1.165, 1.54) is 11.4 Å². The number of hydrogen-bond donors (Lipinski definition) is 1. The van der Waals surface area contributed by atoms with E-state index in [0.29, 0.717) is 21.1 Å². The van der Waals surface area contributed by atoms with Gasteiger partial charge in [-0.1, -0.05) is 90.5 Å². The predicted molar refractivity (Wildman–Crippen MR) is 176 cm³/mol. The Bertz CT molecular complexity index is 1610. The van der Waals surface area contributed by atoms with Crippen molar-refractivity contribution >= 4 is 51.1 Å². The standard InChI is InChI=1S/C32H41BrN2O5SSi/c1-9-24(33)22-35(41(37,38)25-19-17-23(2)18-20-25)28(16-12-13-21-40-42(7,8)32(3,4)5)30-29(31(36)39-6)26-14-10-11-15-27(26)34-30/h9-11,14-15,17-20,28,34H,16,21-22H2,1-8H3/b24-9-. The monoisotopic (exact) mass is 672 g/mol.